The predicted molar refractivity (Wildman–Crippen MR) is 160 cm³/mol. The van der Waals surface area contributed by atoms with E-state index < -0.39 is 19.8 Å². The molecule has 0 aliphatic carbocycles. The molecule has 1 amide bonds. The molecule has 0 spiro atoms. The molecule has 4 heteroatoms. The van der Waals surface area contributed by atoms with Crippen LogP contribution in [0.2, 0.25) is 0 Å². The van der Waals surface area contributed by atoms with Crippen LogP contribution in [-0.2, 0) is 6.54 Å². The summed E-state index contributed by atoms with van der Waals surface area (Å²) in [6.45, 7) is 14.9. The van der Waals surface area contributed by atoms with Crippen molar-refractivity contribution in [3.63, 3.8) is 0 Å². The SMILES string of the molecule is CC(C)CCN1CCC(N(Cc2cccc(C#CC(C)(C)C)c2)C(=O)c2ccc(I3CC3)cc2)CC1. The van der Waals surface area contributed by atoms with Gasteiger partial charge in [0.15, 0.2) is 0 Å². The van der Waals surface area contributed by atoms with Crippen molar-refractivity contribution in [3.05, 3.63) is 68.8 Å². The van der Waals surface area contributed by atoms with Crippen molar-refractivity contribution in [1.29, 1.82) is 0 Å². The molecule has 2 fully saturated rings. The summed E-state index contributed by atoms with van der Waals surface area (Å²) >= 11 is -0.801. The minimum atomic E-state index is -0.801. The fourth-order valence-electron chi connectivity index (χ4n) is 4.66. The van der Waals surface area contributed by atoms with Gasteiger partial charge in [0, 0.05) is 5.41 Å². The van der Waals surface area contributed by atoms with Crippen LogP contribution in [0.3, 0.4) is 0 Å². The second-order valence-electron chi connectivity index (χ2n) is 11.7. The van der Waals surface area contributed by atoms with Crippen LogP contribution in [0.15, 0.2) is 48.5 Å². The molecule has 2 aromatic carbocycles. The Morgan fingerprint density at radius 3 is 2.39 bits per heavy atom. The molecule has 0 aromatic heterocycles. The molecule has 2 heterocycles. The van der Waals surface area contributed by atoms with Gasteiger partial charge in [-0.25, -0.2) is 0 Å². The van der Waals surface area contributed by atoms with Gasteiger partial charge in [0.05, 0.1) is 0 Å². The van der Waals surface area contributed by atoms with Crippen molar-refractivity contribution in [2.24, 2.45) is 11.3 Å². The molecule has 2 aliphatic rings. The monoisotopic (exact) mass is 598 g/mol. The van der Waals surface area contributed by atoms with Gasteiger partial charge in [-0.15, -0.1) is 0 Å². The van der Waals surface area contributed by atoms with Crippen LogP contribution in [0.25, 0.3) is 0 Å². The Kier molecular flexibility index (Phi) is 9.17. The minimum absolute atomic E-state index is 0.0304. The molecular formula is C32H43IN2O. The molecule has 0 saturated carbocycles. The van der Waals surface area contributed by atoms with E-state index in [1.807, 2.05) is 0 Å². The number of benzene rings is 2. The van der Waals surface area contributed by atoms with Gasteiger partial charge in [-0.3, -0.25) is 0 Å². The van der Waals surface area contributed by atoms with E-state index >= 15 is 0 Å². The van der Waals surface area contributed by atoms with E-state index in [1.165, 1.54) is 25.4 Å². The van der Waals surface area contributed by atoms with Gasteiger partial charge in [-0.2, -0.15) is 0 Å². The number of halogens is 1. The average molecular weight is 599 g/mol. The number of hydrogen-bond acceptors (Lipinski definition) is 2. The molecule has 0 bridgehead atoms. The molecule has 3 nitrogen and oxygen atoms in total. The van der Waals surface area contributed by atoms with Crippen molar-refractivity contribution >= 4 is 25.7 Å². The molecule has 194 valence electrons. The number of rotatable bonds is 8. The first-order valence-electron chi connectivity index (χ1n) is 13.6. The maximum absolute atomic E-state index is 13.9. The predicted octanol–water partition coefficient (Wildman–Crippen LogP) is 6.93. The van der Waals surface area contributed by atoms with Crippen LogP contribution in [0.1, 0.15) is 75.4 Å². The Morgan fingerprint density at radius 1 is 1.08 bits per heavy atom. The molecule has 2 saturated heterocycles. The van der Waals surface area contributed by atoms with E-state index in [0.717, 1.165) is 48.5 Å². The van der Waals surface area contributed by atoms with Crippen LogP contribution >= 0.6 is 19.8 Å². The van der Waals surface area contributed by atoms with Crippen molar-refractivity contribution < 1.29 is 4.79 Å². The van der Waals surface area contributed by atoms with Crippen molar-refractivity contribution in [2.75, 3.05) is 28.5 Å². The Balaban J connectivity index is 1.52. The summed E-state index contributed by atoms with van der Waals surface area (Å²) in [5.74, 6) is 7.58. The molecule has 0 N–H and O–H groups in total. The van der Waals surface area contributed by atoms with Gasteiger partial charge in [-0.1, -0.05) is 13.8 Å². The standard InChI is InChI=1S/C32H43IN2O/c1-25(2)14-20-34-21-15-30(16-22-34)35(31(36)28-9-11-29(12-10-28)33-18-19-33)24-27-8-6-7-26(23-27)13-17-32(3,4)5/h6-12,23,25,30H,14-16,18-22,24H2,1-5H3. The number of carbonyl (C=O) groups is 1. The fraction of sp³-hybridized carbons (Fsp3) is 0.531. The van der Waals surface area contributed by atoms with Gasteiger partial charge >= 0.3 is 181 Å². The number of likely N-dealkylation sites (tertiary alicyclic amines) is 1. The normalized spacial score (nSPS) is 17.6. The van der Waals surface area contributed by atoms with Gasteiger partial charge in [0.2, 0.25) is 0 Å². The van der Waals surface area contributed by atoms with E-state index in [4.69, 9.17) is 0 Å². The first kappa shape index (κ1) is 27.2. The number of amides is 1. The summed E-state index contributed by atoms with van der Waals surface area (Å²) < 4.78 is 4.41. The summed E-state index contributed by atoms with van der Waals surface area (Å²) in [4.78, 5) is 18.6. The van der Waals surface area contributed by atoms with Gasteiger partial charge in [0.25, 0.3) is 0 Å². The zero-order valence-corrected chi connectivity index (χ0v) is 25.0. The van der Waals surface area contributed by atoms with Gasteiger partial charge < -0.3 is 0 Å². The molecule has 36 heavy (non-hydrogen) atoms. The van der Waals surface area contributed by atoms with Gasteiger partial charge in [0.1, 0.15) is 0 Å². The zero-order valence-electron chi connectivity index (χ0n) is 22.8. The number of alkyl halides is 2. The summed E-state index contributed by atoms with van der Waals surface area (Å²) in [5, 5.41) is 0. The van der Waals surface area contributed by atoms with Crippen molar-refractivity contribution in [3.8, 4) is 11.8 Å². The fourth-order valence-corrected chi connectivity index (χ4v) is 8.85. The van der Waals surface area contributed by atoms with E-state index in [-0.39, 0.29) is 17.4 Å². The molecule has 0 radical (unpaired) electrons. The third-order valence-electron chi connectivity index (χ3n) is 6.92. The van der Waals surface area contributed by atoms with E-state index in [1.54, 1.807) is 0 Å². The van der Waals surface area contributed by atoms with E-state index in [0.29, 0.717) is 6.54 Å². The molecule has 0 atom stereocenters. The van der Waals surface area contributed by atoms with Crippen molar-refractivity contribution in [1.82, 2.24) is 9.80 Å². The van der Waals surface area contributed by atoms with Gasteiger partial charge in [-0.05, 0) is 26.7 Å². The summed E-state index contributed by atoms with van der Waals surface area (Å²) in [7, 11) is 0. The number of piperidine rings is 1. The van der Waals surface area contributed by atoms with E-state index in [2.05, 4.69) is 105 Å². The topological polar surface area (TPSA) is 23.6 Å². The molecule has 0 unspecified atom stereocenters. The van der Waals surface area contributed by atoms with Crippen molar-refractivity contribution in [2.45, 2.75) is 66.5 Å². The average Bonchev–Trinajstić information content (AvgIpc) is 3.70. The van der Waals surface area contributed by atoms with Crippen LogP contribution in [-0.4, -0.2) is 50.2 Å². The third-order valence-corrected chi connectivity index (χ3v) is 11.6. The van der Waals surface area contributed by atoms with Crippen LogP contribution < -0.4 is 0 Å². The quantitative estimate of drug-likeness (QED) is 0.187. The zero-order chi connectivity index (χ0) is 25.7. The Labute approximate surface area is 226 Å². The van der Waals surface area contributed by atoms with E-state index in [9.17, 15) is 4.79 Å². The first-order chi connectivity index (χ1) is 17.2. The second-order valence-corrected chi connectivity index (χ2v) is 17.7. The van der Waals surface area contributed by atoms with Crippen LogP contribution in [0.5, 0.6) is 0 Å². The maximum atomic E-state index is 13.9. The summed E-state index contributed by atoms with van der Waals surface area (Å²) in [6, 6.07) is 17.4. The first-order valence-corrected chi connectivity index (χ1v) is 17.7. The molecule has 2 aromatic rings. The number of carbonyl (C=O) groups excluding carboxylic acids is 1. The Morgan fingerprint density at radius 2 is 1.78 bits per heavy atom. The molecule has 2 aliphatic heterocycles. The Bertz CT molecular complexity index is 1080. The second kappa shape index (κ2) is 12.1. The molecule has 4 rings (SSSR count). The third kappa shape index (κ3) is 8.08. The number of hydrogen-bond donors (Lipinski definition) is 0. The number of nitrogens with zero attached hydrogens (tertiary/aromatic N) is 2. The summed E-state index contributed by atoms with van der Waals surface area (Å²) in [6.07, 6.45) is 3.33. The molecular weight excluding hydrogens is 555 g/mol. The summed E-state index contributed by atoms with van der Waals surface area (Å²) in [5.41, 5.74) is 2.99. The van der Waals surface area contributed by atoms with Crippen LogP contribution in [0.4, 0.5) is 0 Å². The van der Waals surface area contributed by atoms with Crippen LogP contribution in [0, 0.1) is 26.7 Å². The Hall–Kier alpha value is -1.84.